The van der Waals surface area contributed by atoms with Crippen LogP contribution in [0.1, 0.15) is 47.8 Å². The summed E-state index contributed by atoms with van der Waals surface area (Å²) < 4.78 is 1.89. The molecule has 0 aliphatic carbocycles. The van der Waals surface area contributed by atoms with Crippen LogP contribution >= 0.6 is 0 Å². The highest BCUT2D eigenvalue weighted by Crippen LogP contribution is 2.22. The summed E-state index contributed by atoms with van der Waals surface area (Å²) in [6.45, 7) is 3.12. The third-order valence-electron chi connectivity index (χ3n) is 5.23. The lowest BCUT2D eigenvalue weighted by Crippen LogP contribution is -2.32. The van der Waals surface area contributed by atoms with Gasteiger partial charge in [0.05, 0.1) is 6.04 Å². The number of hydrogen-bond acceptors (Lipinski definition) is 4. The molecular formula is C20H25N5O2. The summed E-state index contributed by atoms with van der Waals surface area (Å²) in [4.78, 5) is 26.2. The molecule has 0 radical (unpaired) electrons. The van der Waals surface area contributed by atoms with E-state index in [4.69, 9.17) is 0 Å². The van der Waals surface area contributed by atoms with Crippen molar-refractivity contribution in [3.63, 3.8) is 0 Å². The minimum Gasteiger partial charge on any atom is -0.347 e. The van der Waals surface area contributed by atoms with E-state index in [2.05, 4.69) is 15.7 Å². The fourth-order valence-electron chi connectivity index (χ4n) is 3.75. The highest BCUT2D eigenvalue weighted by Gasteiger charge is 2.22. The molecule has 7 nitrogen and oxygen atoms in total. The number of rotatable bonds is 5. The maximum Gasteiger partial charge on any atom is 0.272 e. The number of anilines is 1. The number of hydrogen-bond donors (Lipinski definition) is 2. The van der Waals surface area contributed by atoms with E-state index in [1.807, 2.05) is 40.0 Å². The van der Waals surface area contributed by atoms with Crippen LogP contribution in [-0.4, -0.2) is 41.2 Å². The van der Waals surface area contributed by atoms with Gasteiger partial charge in [0.15, 0.2) is 0 Å². The average Bonchev–Trinajstić information content (AvgIpc) is 3.36. The Morgan fingerprint density at radius 3 is 3.00 bits per heavy atom. The highest BCUT2D eigenvalue weighted by molar-refractivity contribution is 5.95. The zero-order valence-corrected chi connectivity index (χ0v) is 15.4. The minimum atomic E-state index is -0.180. The Kier molecular flexibility index (Phi) is 5.20. The fourth-order valence-corrected chi connectivity index (χ4v) is 3.75. The zero-order chi connectivity index (χ0) is 18.6. The van der Waals surface area contributed by atoms with Crippen LogP contribution in [0.4, 0.5) is 5.69 Å². The maximum absolute atomic E-state index is 12.4. The van der Waals surface area contributed by atoms with Crippen LogP contribution in [0.25, 0.3) is 0 Å². The van der Waals surface area contributed by atoms with E-state index in [9.17, 15) is 9.59 Å². The molecule has 2 saturated heterocycles. The molecule has 142 valence electrons. The predicted octanol–water partition coefficient (Wildman–Crippen LogP) is 1.86. The molecule has 1 atom stereocenters. The molecule has 0 spiro atoms. The number of amides is 2. The van der Waals surface area contributed by atoms with Crippen LogP contribution in [0.5, 0.6) is 0 Å². The summed E-state index contributed by atoms with van der Waals surface area (Å²) >= 11 is 0. The summed E-state index contributed by atoms with van der Waals surface area (Å²) in [5, 5.41) is 10.7. The van der Waals surface area contributed by atoms with Gasteiger partial charge in [0.2, 0.25) is 5.91 Å². The molecule has 4 rings (SSSR count). The van der Waals surface area contributed by atoms with Gasteiger partial charge in [0.1, 0.15) is 5.69 Å². The van der Waals surface area contributed by atoms with Gasteiger partial charge in [-0.1, -0.05) is 12.1 Å². The van der Waals surface area contributed by atoms with E-state index in [0.717, 1.165) is 50.1 Å². The molecule has 1 unspecified atom stereocenters. The molecule has 2 aromatic rings. The summed E-state index contributed by atoms with van der Waals surface area (Å²) in [7, 11) is 0. The van der Waals surface area contributed by atoms with Crippen molar-refractivity contribution >= 4 is 17.5 Å². The molecular weight excluding hydrogens is 342 g/mol. The molecule has 2 aliphatic heterocycles. The SMILES string of the molecule is O=C(NCc1cccc(N2CCCC2=O)c1)c1ccn(C2CCCNC2)n1. The predicted molar refractivity (Wildman–Crippen MR) is 103 cm³/mol. The summed E-state index contributed by atoms with van der Waals surface area (Å²) in [6, 6.07) is 9.87. The molecule has 1 aromatic heterocycles. The highest BCUT2D eigenvalue weighted by atomic mass is 16.2. The zero-order valence-electron chi connectivity index (χ0n) is 15.4. The second kappa shape index (κ2) is 7.92. The molecule has 0 saturated carbocycles. The van der Waals surface area contributed by atoms with Gasteiger partial charge in [-0.15, -0.1) is 0 Å². The van der Waals surface area contributed by atoms with Gasteiger partial charge in [-0.2, -0.15) is 5.10 Å². The van der Waals surface area contributed by atoms with Crippen LogP contribution < -0.4 is 15.5 Å². The Labute approximate surface area is 158 Å². The van der Waals surface area contributed by atoms with E-state index in [-0.39, 0.29) is 11.8 Å². The topological polar surface area (TPSA) is 79.3 Å². The standard InChI is InChI=1S/C20H25N5O2/c26-19-7-3-10-24(19)16-5-1-4-15(12-16)13-22-20(27)18-8-11-25(23-18)17-6-2-9-21-14-17/h1,4-5,8,11-12,17,21H,2-3,6-7,9-10,13-14H2,(H,22,27). The van der Waals surface area contributed by atoms with Crippen LogP contribution in [0, 0.1) is 0 Å². The van der Waals surface area contributed by atoms with E-state index >= 15 is 0 Å². The Balaban J connectivity index is 1.36. The van der Waals surface area contributed by atoms with Gasteiger partial charge in [0.25, 0.3) is 5.91 Å². The number of carbonyl (C=O) groups excluding carboxylic acids is 2. The van der Waals surface area contributed by atoms with Gasteiger partial charge < -0.3 is 15.5 Å². The lowest BCUT2D eigenvalue weighted by molar-refractivity contribution is -0.117. The van der Waals surface area contributed by atoms with E-state index in [1.165, 1.54) is 0 Å². The van der Waals surface area contributed by atoms with Crippen molar-refractivity contribution in [3.05, 3.63) is 47.8 Å². The van der Waals surface area contributed by atoms with Crippen LogP contribution in [0.3, 0.4) is 0 Å². The van der Waals surface area contributed by atoms with Gasteiger partial charge >= 0.3 is 0 Å². The first-order chi connectivity index (χ1) is 13.2. The summed E-state index contributed by atoms with van der Waals surface area (Å²) in [5.74, 6) is -0.0147. The van der Waals surface area contributed by atoms with Crippen LogP contribution in [0.2, 0.25) is 0 Å². The first-order valence-electron chi connectivity index (χ1n) is 9.64. The summed E-state index contributed by atoms with van der Waals surface area (Å²) in [5.41, 5.74) is 2.31. The Morgan fingerprint density at radius 2 is 2.22 bits per heavy atom. The number of nitrogens with one attached hydrogen (secondary N) is 2. The van der Waals surface area contributed by atoms with Crippen LogP contribution in [0.15, 0.2) is 36.5 Å². The van der Waals surface area contributed by atoms with Crippen molar-refractivity contribution in [2.75, 3.05) is 24.5 Å². The molecule has 2 amide bonds. The second-order valence-corrected chi connectivity index (χ2v) is 7.18. The van der Waals surface area contributed by atoms with Crippen molar-refractivity contribution < 1.29 is 9.59 Å². The van der Waals surface area contributed by atoms with Crippen LogP contribution in [-0.2, 0) is 11.3 Å². The maximum atomic E-state index is 12.4. The lowest BCUT2D eigenvalue weighted by Gasteiger charge is -2.22. The molecule has 3 heterocycles. The Morgan fingerprint density at radius 1 is 1.30 bits per heavy atom. The fraction of sp³-hybridized carbons (Fsp3) is 0.450. The molecule has 1 aromatic carbocycles. The molecule has 2 aliphatic rings. The normalized spacial score (nSPS) is 20.1. The molecule has 2 fully saturated rings. The first-order valence-corrected chi connectivity index (χ1v) is 9.64. The molecule has 27 heavy (non-hydrogen) atoms. The number of piperidine rings is 1. The molecule has 7 heteroatoms. The lowest BCUT2D eigenvalue weighted by atomic mass is 10.1. The first kappa shape index (κ1) is 17.7. The Bertz CT molecular complexity index is 825. The van der Waals surface area contributed by atoms with E-state index in [1.54, 1.807) is 6.07 Å². The smallest absolute Gasteiger partial charge is 0.272 e. The van der Waals surface area contributed by atoms with Crippen molar-refractivity contribution in [2.24, 2.45) is 0 Å². The van der Waals surface area contributed by atoms with Crippen molar-refractivity contribution in [1.82, 2.24) is 20.4 Å². The van der Waals surface area contributed by atoms with Crippen molar-refractivity contribution in [1.29, 1.82) is 0 Å². The van der Waals surface area contributed by atoms with Crippen molar-refractivity contribution in [2.45, 2.75) is 38.3 Å². The summed E-state index contributed by atoms with van der Waals surface area (Å²) in [6.07, 6.45) is 5.60. The van der Waals surface area contributed by atoms with Crippen molar-refractivity contribution in [3.8, 4) is 0 Å². The number of benzene rings is 1. The monoisotopic (exact) mass is 367 g/mol. The Hall–Kier alpha value is -2.67. The number of nitrogens with zero attached hydrogens (tertiary/aromatic N) is 3. The molecule has 2 N–H and O–H groups in total. The van der Waals surface area contributed by atoms with Gasteiger partial charge in [-0.05, 0) is 49.6 Å². The minimum absolute atomic E-state index is 0.166. The third kappa shape index (κ3) is 4.03. The average molecular weight is 367 g/mol. The van der Waals surface area contributed by atoms with Gasteiger partial charge in [0, 0.05) is 37.9 Å². The third-order valence-corrected chi connectivity index (χ3v) is 5.23. The van der Waals surface area contributed by atoms with E-state index in [0.29, 0.717) is 24.7 Å². The number of aromatic nitrogens is 2. The second-order valence-electron chi connectivity index (χ2n) is 7.18. The van der Waals surface area contributed by atoms with Gasteiger partial charge in [-0.3, -0.25) is 14.3 Å². The number of carbonyl (C=O) groups is 2. The quantitative estimate of drug-likeness (QED) is 0.846. The van der Waals surface area contributed by atoms with E-state index < -0.39 is 0 Å². The van der Waals surface area contributed by atoms with Gasteiger partial charge in [-0.25, -0.2) is 0 Å². The molecule has 0 bridgehead atoms. The largest absolute Gasteiger partial charge is 0.347 e.